The van der Waals surface area contributed by atoms with E-state index in [1.54, 1.807) is 11.1 Å². The summed E-state index contributed by atoms with van der Waals surface area (Å²) >= 11 is 0. The molecule has 4 heterocycles. The second-order valence-corrected chi connectivity index (χ2v) is 9.17. The second-order valence-electron chi connectivity index (χ2n) is 9.17. The molecule has 0 spiro atoms. The first-order valence-corrected chi connectivity index (χ1v) is 11.5. The lowest BCUT2D eigenvalue weighted by Gasteiger charge is -2.39. The van der Waals surface area contributed by atoms with Crippen LogP contribution in [-0.2, 0) is 4.79 Å². The third kappa shape index (κ3) is 4.33. The van der Waals surface area contributed by atoms with E-state index in [4.69, 9.17) is 0 Å². The number of halogens is 2. The Kier molecular flexibility index (Phi) is 5.57. The Morgan fingerprint density at radius 1 is 1.25 bits per heavy atom. The number of nitrogens with zero attached hydrogens (tertiary/aromatic N) is 4. The van der Waals surface area contributed by atoms with E-state index in [0.717, 1.165) is 48.9 Å². The van der Waals surface area contributed by atoms with E-state index in [9.17, 15) is 13.6 Å². The van der Waals surface area contributed by atoms with Gasteiger partial charge in [0.1, 0.15) is 6.04 Å². The summed E-state index contributed by atoms with van der Waals surface area (Å²) in [5.74, 6) is -3.94. The van der Waals surface area contributed by atoms with E-state index in [0.29, 0.717) is 5.69 Å². The Labute approximate surface area is 186 Å². The average Bonchev–Trinajstić information content (AvgIpc) is 3.63. The normalized spacial score (nSPS) is 25.8. The number of piperidine rings is 2. The minimum Gasteiger partial charge on any atom is -0.364 e. The van der Waals surface area contributed by atoms with Crippen LogP contribution in [0.4, 0.5) is 14.5 Å². The van der Waals surface area contributed by atoms with E-state index in [-0.39, 0.29) is 24.5 Å². The third-order valence-electron chi connectivity index (χ3n) is 6.90. The summed E-state index contributed by atoms with van der Waals surface area (Å²) in [6.45, 7) is 4.88. The molecule has 0 bridgehead atoms. The number of fused-ring (bicyclic) bond motifs is 1. The molecular weight excluding hydrogens is 412 g/mol. The fourth-order valence-corrected chi connectivity index (χ4v) is 5.07. The standard InChI is InChI=1S/C24H29F2N5O/c1-2-30-10-7-17(8-11-30)29-23(32)16-12-24(25,26)15-31(14-16)21-6-5-18(20-13-28-20)22-19(21)4-3-9-27-22/h3-6,9,13,16-17,20H,2,7-8,10-12,14-15H2,1H3,(H,29,32). The van der Waals surface area contributed by atoms with E-state index >= 15 is 0 Å². The molecular formula is C24H29F2N5O. The van der Waals surface area contributed by atoms with Crippen molar-refractivity contribution in [2.45, 2.75) is 44.2 Å². The van der Waals surface area contributed by atoms with Gasteiger partial charge in [-0.3, -0.25) is 14.8 Å². The minimum absolute atomic E-state index is 0.0295. The number of hydrogen-bond donors (Lipinski definition) is 1. The molecule has 1 aromatic carbocycles. The van der Waals surface area contributed by atoms with Gasteiger partial charge >= 0.3 is 0 Å². The Bertz CT molecular complexity index is 1030. The van der Waals surface area contributed by atoms with E-state index in [1.165, 1.54) is 0 Å². The van der Waals surface area contributed by atoms with Crippen molar-refractivity contribution < 1.29 is 13.6 Å². The zero-order valence-electron chi connectivity index (χ0n) is 18.3. The Hall–Kier alpha value is -2.61. The van der Waals surface area contributed by atoms with Gasteiger partial charge in [-0.1, -0.05) is 13.0 Å². The Morgan fingerprint density at radius 3 is 2.75 bits per heavy atom. The van der Waals surface area contributed by atoms with Gasteiger partial charge in [0, 0.05) is 61.1 Å². The molecule has 0 aliphatic carbocycles. The van der Waals surface area contributed by atoms with Gasteiger partial charge in [0.2, 0.25) is 5.91 Å². The van der Waals surface area contributed by atoms with Crippen LogP contribution < -0.4 is 10.2 Å². The molecule has 2 saturated heterocycles. The lowest BCUT2D eigenvalue weighted by atomic mass is 9.92. The van der Waals surface area contributed by atoms with Crippen LogP contribution in [0, 0.1) is 5.92 Å². The molecule has 32 heavy (non-hydrogen) atoms. The molecule has 3 aliphatic heterocycles. The van der Waals surface area contributed by atoms with Crippen molar-refractivity contribution in [1.29, 1.82) is 0 Å². The highest BCUT2D eigenvalue weighted by molar-refractivity contribution is 5.97. The molecule has 6 nitrogen and oxygen atoms in total. The van der Waals surface area contributed by atoms with Crippen LogP contribution in [0.15, 0.2) is 35.5 Å². The minimum atomic E-state index is -2.93. The molecule has 2 atom stereocenters. The van der Waals surface area contributed by atoms with Crippen molar-refractivity contribution in [3.05, 3.63) is 36.0 Å². The van der Waals surface area contributed by atoms with Crippen LogP contribution in [0.25, 0.3) is 10.9 Å². The summed E-state index contributed by atoms with van der Waals surface area (Å²) in [5.41, 5.74) is 2.47. The number of benzene rings is 1. The van der Waals surface area contributed by atoms with Crippen LogP contribution in [0.2, 0.25) is 0 Å². The molecule has 0 radical (unpaired) electrons. The van der Waals surface area contributed by atoms with Gasteiger partial charge in [-0.2, -0.15) is 0 Å². The van der Waals surface area contributed by atoms with Crippen molar-refractivity contribution in [3.8, 4) is 0 Å². The lowest BCUT2D eigenvalue weighted by molar-refractivity contribution is -0.130. The van der Waals surface area contributed by atoms with Gasteiger partial charge in [0.05, 0.1) is 18.0 Å². The molecule has 1 aromatic heterocycles. The van der Waals surface area contributed by atoms with Crippen molar-refractivity contribution in [2.75, 3.05) is 37.6 Å². The Balaban J connectivity index is 1.35. The number of carbonyl (C=O) groups excluding carboxylic acids is 1. The van der Waals surface area contributed by atoms with Gasteiger partial charge in [-0.05, 0) is 37.6 Å². The zero-order chi connectivity index (χ0) is 22.3. The summed E-state index contributed by atoms with van der Waals surface area (Å²) < 4.78 is 29.6. The number of aliphatic imine (C=N–C) groups is 1. The summed E-state index contributed by atoms with van der Waals surface area (Å²) in [5, 5.41) is 3.88. The third-order valence-corrected chi connectivity index (χ3v) is 6.90. The predicted octanol–water partition coefficient (Wildman–Crippen LogP) is 3.42. The molecule has 2 unspecified atom stereocenters. The highest BCUT2D eigenvalue weighted by Crippen LogP contribution is 2.39. The first-order valence-electron chi connectivity index (χ1n) is 11.5. The maximum absolute atomic E-state index is 14.8. The predicted molar refractivity (Wildman–Crippen MR) is 122 cm³/mol. The number of rotatable bonds is 5. The van der Waals surface area contributed by atoms with Gasteiger partial charge < -0.3 is 15.1 Å². The quantitative estimate of drug-likeness (QED) is 0.773. The molecule has 1 amide bonds. The monoisotopic (exact) mass is 441 g/mol. The van der Waals surface area contributed by atoms with E-state index in [2.05, 4.69) is 27.1 Å². The average molecular weight is 442 g/mol. The number of likely N-dealkylation sites (tertiary alicyclic amines) is 1. The zero-order valence-corrected chi connectivity index (χ0v) is 18.3. The van der Waals surface area contributed by atoms with E-state index in [1.807, 2.05) is 30.5 Å². The first-order chi connectivity index (χ1) is 15.4. The molecule has 2 fully saturated rings. The number of anilines is 1. The smallest absolute Gasteiger partial charge is 0.266 e. The summed E-state index contributed by atoms with van der Waals surface area (Å²) in [6.07, 6.45) is 4.89. The largest absolute Gasteiger partial charge is 0.364 e. The second kappa shape index (κ2) is 8.39. The molecule has 0 saturated carbocycles. The first kappa shape index (κ1) is 21.2. The van der Waals surface area contributed by atoms with Crippen LogP contribution >= 0.6 is 0 Å². The summed E-state index contributed by atoms with van der Waals surface area (Å²) in [6, 6.07) is 7.62. The molecule has 170 valence electrons. The Morgan fingerprint density at radius 2 is 2.03 bits per heavy atom. The van der Waals surface area contributed by atoms with Crippen LogP contribution in [0.1, 0.15) is 37.8 Å². The number of alkyl halides is 2. The maximum atomic E-state index is 14.8. The van der Waals surface area contributed by atoms with Crippen molar-refractivity contribution in [3.63, 3.8) is 0 Å². The van der Waals surface area contributed by atoms with Crippen molar-refractivity contribution >= 4 is 28.7 Å². The summed E-state index contributed by atoms with van der Waals surface area (Å²) in [4.78, 5) is 25.7. The van der Waals surface area contributed by atoms with Crippen LogP contribution in [0.3, 0.4) is 0 Å². The topological polar surface area (TPSA) is 60.8 Å². The van der Waals surface area contributed by atoms with Gasteiger partial charge in [0.25, 0.3) is 5.92 Å². The number of pyridine rings is 1. The number of nitrogens with one attached hydrogen (secondary N) is 1. The van der Waals surface area contributed by atoms with Gasteiger partial charge in [-0.25, -0.2) is 8.78 Å². The summed E-state index contributed by atoms with van der Waals surface area (Å²) in [7, 11) is 0. The SMILES string of the molecule is CCN1CCC(NC(=O)C2CN(c3ccc(C4C=N4)c4ncccc34)CC(F)(F)C2)CC1. The fraction of sp³-hybridized carbons (Fsp3) is 0.542. The molecule has 1 N–H and O–H groups in total. The maximum Gasteiger partial charge on any atom is 0.266 e. The number of aromatic nitrogens is 1. The lowest BCUT2D eigenvalue weighted by Crippen LogP contribution is -2.53. The van der Waals surface area contributed by atoms with Crippen molar-refractivity contribution in [2.24, 2.45) is 10.9 Å². The van der Waals surface area contributed by atoms with Crippen LogP contribution in [-0.4, -0.2) is 66.7 Å². The molecule has 2 aromatic rings. The van der Waals surface area contributed by atoms with Gasteiger partial charge in [-0.15, -0.1) is 0 Å². The van der Waals surface area contributed by atoms with Gasteiger partial charge in [0.15, 0.2) is 0 Å². The van der Waals surface area contributed by atoms with Crippen LogP contribution in [0.5, 0.6) is 0 Å². The fourth-order valence-electron chi connectivity index (χ4n) is 5.07. The number of amides is 1. The van der Waals surface area contributed by atoms with Crippen molar-refractivity contribution in [1.82, 2.24) is 15.2 Å². The number of hydrogen-bond acceptors (Lipinski definition) is 5. The highest BCUT2D eigenvalue weighted by atomic mass is 19.3. The number of carbonyl (C=O) groups is 1. The highest BCUT2D eigenvalue weighted by Gasteiger charge is 2.44. The van der Waals surface area contributed by atoms with E-state index < -0.39 is 24.8 Å². The molecule has 5 rings (SSSR count). The molecule has 8 heteroatoms. The molecule has 3 aliphatic rings.